The van der Waals surface area contributed by atoms with E-state index in [2.05, 4.69) is 4.98 Å². The van der Waals surface area contributed by atoms with Gasteiger partial charge >= 0.3 is 5.97 Å². The highest BCUT2D eigenvalue weighted by Gasteiger charge is 2.21. The Morgan fingerprint density at radius 2 is 1.31 bits per heavy atom. The first-order valence-electron chi connectivity index (χ1n) is 10.5. The minimum Gasteiger partial charge on any atom is -0.422 e. The van der Waals surface area contributed by atoms with E-state index in [9.17, 15) is 22.8 Å². The lowest BCUT2D eigenvalue weighted by atomic mass is 10.1. The van der Waals surface area contributed by atoms with Gasteiger partial charge in [0.25, 0.3) is 5.91 Å². The van der Waals surface area contributed by atoms with Crippen LogP contribution in [0.2, 0.25) is 0 Å². The van der Waals surface area contributed by atoms with Crippen LogP contribution in [0.25, 0.3) is 11.8 Å². The standard InChI is InChI=1S/C27H19F3N2O3/c1-16-17(2)32(26(33)19-7-4-10-22(29)13-19)25(31-16)15-24(18-6-3-9-21(28)12-18)35-27(34)20-8-5-11-23(30)14-20/h3-15H,1-2H3. The van der Waals surface area contributed by atoms with E-state index in [-0.39, 0.29) is 28.3 Å². The summed E-state index contributed by atoms with van der Waals surface area (Å²) >= 11 is 0. The molecular weight excluding hydrogens is 457 g/mol. The molecule has 0 fully saturated rings. The minimum atomic E-state index is -0.886. The Kier molecular flexibility index (Phi) is 6.64. The third-order valence-corrected chi connectivity index (χ3v) is 5.28. The van der Waals surface area contributed by atoms with Gasteiger partial charge in [-0.25, -0.2) is 22.9 Å². The molecule has 0 saturated heterocycles. The summed E-state index contributed by atoms with van der Waals surface area (Å²) < 4.78 is 48.1. The Morgan fingerprint density at radius 3 is 1.91 bits per heavy atom. The molecule has 0 amide bonds. The van der Waals surface area contributed by atoms with E-state index >= 15 is 0 Å². The largest absolute Gasteiger partial charge is 0.422 e. The van der Waals surface area contributed by atoms with Crippen molar-refractivity contribution >= 4 is 23.7 Å². The number of halogens is 3. The second-order valence-electron chi connectivity index (χ2n) is 7.71. The van der Waals surface area contributed by atoms with E-state index in [0.29, 0.717) is 11.4 Å². The summed E-state index contributed by atoms with van der Waals surface area (Å²) in [4.78, 5) is 30.4. The Morgan fingerprint density at radius 1 is 0.800 bits per heavy atom. The number of imidazole rings is 1. The maximum absolute atomic E-state index is 14.0. The molecule has 0 bridgehead atoms. The van der Waals surface area contributed by atoms with Crippen LogP contribution < -0.4 is 0 Å². The molecule has 0 saturated carbocycles. The SMILES string of the molecule is Cc1nc(C=C(OC(=O)c2cccc(F)c2)c2cccc(F)c2)n(C(=O)c2cccc(F)c2)c1C. The molecule has 4 aromatic rings. The molecule has 1 aromatic heterocycles. The predicted octanol–water partition coefficient (Wildman–Crippen LogP) is 5.96. The van der Waals surface area contributed by atoms with Crippen LogP contribution >= 0.6 is 0 Å². The quantitative estimate of drug-likeness (QED) is 0.263. The Hall–Kier alpha value is -4.46. The lowest BCUT2D eigenvalue weighted by molar-refractivity contribution is 0.0693. The highest BCUT2D eigenvalue weighted by molar-refractivity contribution is 5.99. The van der Waals surface area contributed by atoms with Gasteiger partial charge in [-0.1, -0.05) is 24.3 Å². The first kappa shape index (κ1) is 23.7. The van der Waals surface area contributed by atoms with E-state index < -0.39 is 29.3 Å². The minimum absolute atomic E-state index is 0.0566. The maximum Gasteiger partial charge on any atom is 0.343 e. The molecule has 176 valence electrons. The van der Waals surface area contributed by atoms with Crippen molar-refractivity contribution in [2.75, 3.05) is 0 Å². The van der Waals surface area contributed by atoms with Gasteiger partial charge in [0.05, 0.1) is 11.3 Å². The number of nitrogens with zero attached hydrogens (tertiary/aromatic N) is 2. The number of rotatable bonds is 5. The predicted molar refractivity (Wildman–Crippen MR) is 124 cm³/mol. The summed E-state index contributed by atoms with van der Waals surface area (Å²) in [5.41, 5.74) is 1.22. The smallest absolute Gasteiger partial charge is 0.343 e. The number of carbonyl (C=O) groups is 2. The molecule has 8 heteroatoms. The molecule has 0 spiro atoms. The van der Waals surface area contributed by atoms with E-state index in [1.807, 2.05) is 0 Å². The van der Waals surface area contributed by atoms with Gasteiger partial charge in [0, 0.05) is 22.9 Å². The number of benzene rings is 3. The zero-order valence-corrected chi connectivity index (χ0v) is 18.8. The van der Waals surface area contributed by atoms with E-state index in [4.69, 9.17) is 4.74 Å². The number of aromatic nitrogens is 2. The zero-order valence-electron chi connectivity index (χ0n) is 18.8. The summed E-state index contributed by atoms with van der Waals surface area (Å²) in [5.74, 6) is -3.25. The molecule has 4 rings (SSSR count). The Balaban J connectivity index is 1.82. The molecule has 5 nitrogen and oxygen atoms in total. The van der Waals surface area contributed by atoms with Gasteiger partial charge < -0.3 is 4.74 Å². The summed E-state index contributed by atoms with van der Waals surface area (Å²) in [6.45, 7) is 3.35. The monoisotopic (exact) mass is 476 g/mol. The number of ether oxygens (including phenoxy) is 1. The molecule has 3 aromatic carbocycles. The van der Waals surface area contributed by atoms with Gasteiger partial charge in [0.1, 0.15) is 29.0 Å². The van der Waals surface area contributed by atoms with Crippen molar-refractivity contribution < 1.29 is 27.5 Å². The lowest BCUT2D eigenvalue weighted by Gasteiger charge is -2.11. The second kappa shape index (κ2) is 9.80. The van der Waals surface area contributed by atoms with Gasteiger partial charge in [0.2, 0.25) is 0 Å². The summed E-state index contributed by atoms with van der Waals surface area (Å²) in [6, 6.07) is 15.4. The molecule has 0 N–H and O–H groups in total. The number of aryl methyl sites for hydroxylation is 1. The zero-order chi connectivity index (χ0) is 25.1. The molecule has 0 aliphatic carbocycles. The molecule has 0 radical (unpaired) electrons. The summed E-state index contributed by atoms with van der Waals surface area (Å²) in [6.07, 6.45) is 1.31. The van der Waals surface area contributed by atoms with Crippen LogP contribution in [0.15, 0.2) is 72.8 Å². The van der Waals surface area contributed by atoms with Crippen LogP contribution in [-0.4, -0.2) is 21.4 Å². The average molecular weight is 476 g/mol. The topological polar surface area (TPSA) is 61.2 Å². The van der Waals surface area contributed by atoms with Crippen LogP contribution in [0, 0.1) is 31.3 Å². The van der Waals surface area contributed by atoms with Gasteiger partial charge in [-0.2, -0.15) is 0 Å². The van der Waals surface area contributed by atoms with Crippen molar-refractivity contribution in [3.8, 4) is 0 Å². The number of hydrogen-bond acceptors (Lipinski definition) is 4. The van der Waals surface area contributed by atoms with Crippen LogP contribution in [0.1, 0.15) is 43.5 Å². The number of hydrogen-bond donors (Lipinski definition) is 0. The van der Waals surface area contributed by atoms with E-state index in [1.165, 1.54) is 65.2 Å². The van der Waals surface area contributed by atoms with Gasteiger partial charge in [-0.3, -0.25) is 9.36 Å². The fourth-order valence-corrected chi connectivity index (χ4v) is 3.45. The average Bonchev–Trinajstić information content (AvgIpc) is 3.10. The second-order valence-corrected chi connectivity index (χ2v) is 7.71. The van der Waals surface area contributed by atoms with Gasteiger partial charge in [0.15, 0.2) is 0 Å². The molecular formula is C27H19F3N2O3. The van der Waals surface area contributed by atoms with Crippen LogP contribution in [-0.2, 0) is 4.74 Å². The molecule has 1 heterocycles. The first-order chi connectivity index (χ1) is 16.7. The lowest BCUT2D eigenvalue weighted by Crippen LogP contribution is -2.16. The van der Waals surface area contributed by atoms with Crippen molar-refractivity contribution in [2.24, 2.45) is 0 Å². The highest BCUT2D eigenvalue weighted by Crippen LogP contribution is 2.24. The number of carbonyl (C=O) groups excluding carboxylic acids is 2. The van der Waals surface area contributed by atoms with Crippen molar-refractivity contribution in [3.05, 3.63) is 124 Å². The normalized spacial score (nSPS) is 11.4. The summed E-state index contributed by atoms with van der Waals surface area (Å²) in [7, 11) is 0. The third-order valence-electron chi connectivity index (χ3n) is 5.28. The van der Waals surface area contributed by atoms with E-state index in [0.717, 1.165) is 18.2 Å². The van der Waals surface area contributed by atoms with Crippen molar-refractivity contribution in [1.82, 2.24) is 9.55 Å². The van der Waals surface area contributed by atoms with Crippen LogP contribution in [0.5, 0.6) is 0 Å². The third kappa shape index (κ3) is 5.22. The van der Waals surface area contributed by atoms with Crippen molar-refractivity contribution in [3.63, 3.8) is 0 Å². The van der Waals surface area contributed by atoms with Gasteiger partial charge in [-0.15, -0.1) is 0 Å². The fourth-order valence-electron chi connectivity index (χ4n) is 3.45. The Labute approximate surface area is 199 Å². The van der Waals surface area contributed by atoms with Gasteiger partial charge in [-0.05, 0) is 62.4 Å². The molecule has 0 atom stereocenters. The molecule has 0 aliphatic heterocycles. The van der Waals surface area contributed by atoms with Crippen LogP contribution in [0.4, 0.5) is 13.2 Å². The van der Waals surface area contributed by atoms with Crippen molar-refractivity contribution in [2.45, 2.75) is 13.8 Å². The Bertz CT molecular complexity index is 1470. The summed E-state index contributed by atoms with van der Waals surface area (Å²) in [5, 5.41) is 0. The molecule has 0 unspecified atom stereocenters. The van der Waals surface area contributed by atoms with Crippen molar-refractivity contribution in [1.29, 1.82) is 0 Å². The van der Waals surface area contributed by atoms with E-state index in [1.54, 1.807) is 13.8 Å². The molecule has 0 aliphatic rings. The maximum atomic E-state index is 14.0. The first-order valence-corrected chi connectivity index (χ1v) is 10.5. The highest BCUT2D eigenvalue weighted by atomic mass is 19.1. The number of esters is 1. The fraction of sp³-hybridized carbons (Fsp3) is 0.0741. The molecule has 35 heavy (non-hydrogen) atoms. The van der Waals surface area contributed by atoms with Crippen LogP contribution in [0.3, 0.4) is 0 Å².